The lowest BCUT2D eigenvalue weighted by Gasteiger charge is -2.24. The highest BCUT2D eigenvalue weighted by molar-refractivity contribution is 7.99. The second-order valence-corrected chi connectivity index (χ2v) is 5.90. The van der Waals surface area contributed by atoms with Gasteiger partial charge in [0.2, 0.25) is 5.91 Å². The van der Waals surface area contributed by atoms with E-state index in [9.17, 15) is 14.4 Å². The molecule has 2 rings (SSSR count). The lowest BCUT2D eigenvalue weighted by molar-refractivity contribution is -0.142. The smallest absolute Gasteiger partial charge is 0.323 e. The van der Waals surface area contributed by atoms with Crippen molar-refractivity contribution in [1.29, 1.82) is 0 Å². The molecule has 0 bridgehead atoms. The third-order valence-corrected chi connectivity index (χ3v) is 4.37. The minimum absolute atomic E-state index is 0. The molecule has 132 valence electrons. The zero-order valence-corrected chi connectivity index (χ0v) is 14.7. The summed E-state index contributed by atoms with van der Waals surface area (Å²) in [7, 11) is 0. The van der Waals surface area contributed by atoms with Crippen molar-refractivity contribution in [3.05, 3.63) is 24.3 Å². The number of carbonyl (C=O) groups is 3. The lowest BCUT2D eigenvalue weighted by Crippen LogP contribution is -2.50. The molecule has 0 radical (unpaired) electrons. The molecule has 0 saturated carbocycles. The quantitative estimate of drug-likeness (QED) is 0.721. The van der Waals surface area contributed by atoms with Crippen LogP contribution >= 0.6 is 24.2 Å². The van der Waals surface area contributed by atoms with E-state index in [2.05, 4.69) is 5.32 Å². The van der Waals surface area contributed by atoms with Crippen LogP contribution in [-0.2, 0) is 19.1 Å². The number of para-hydroxylation sites is 1. The van der Waals surface area contributed by atoms with Gasteiger partial charge in [0, 0.05) is 10.6 Å². The number of hydrogen-bond acceptors (Lipinski definition) is 6. The first-order valence-electron chi connectivity index (χ1n) is 7.17. The standard InChI is InChI=1S/C15H18N2O5S.ClH/c1-2-22-14(20)7-16-10-9-23-12-6-4-3-5-11(12)17(15(10)21)8-13(18)19;/h3-6,10,16H,2,7-9H2,1H3,(H,18,19);1H. The van der Waals surface area contributed by atoms with Crippen LogP contribution in [0.15, 0.2) is 29.2 Å². The Hall–Kier alpha value is -1.77. The summed E-state index contributed by atoms with van der Waals surface area (Å²) in [6.45, 7) is 1.45. The molecule has 0 fully saturated rings. The molecule has 1 aliphatic rings. The number of carboxylic acid groups (broad SMARTS) is 1. The van der Waals surface area contributed by atoms with Gasteiger partial charge < -0.3 is 9.84 Å². The third-order valence-electron chi connectivity index (χ3n) is 3.22. The minimum Gasteiger partial charge on any atom is -0.480 e. The fraction of sp³-hybridized carbons (Fsp3) is 0.400. The van der Waals surface area contributed by atoms with Crippen LogP contribution in [0.3, 0.4) is 0 Å². The monoisotopic (exact) mass is 374 g/mol. The fourth-order valence-corrected chi connectivity index (χ4v) is 3.32. The molecule has 0 aromatic heterocycles. The van der Waals surface area contributed by atoms with Gasteiger partial charge in [-0.05, 0) is 19.1 Å². The molecule has 0 aliphatic carbocycles. The predicted molar refractivity (Wildman–Crippen MR) is 92.8 cm³/mol. The number of carbonyl (C=O) groups excluding carboxylic acids is 2. The number of thioether (sulfide) groups is 1. The molecule has 1 amide bonds. The molecule has 9 heteroatoms. The number of fused-ring (bicyclic) bond motifs is 1. The van der Waals surface area contributed by atoms with Crippen LogP contribution < -0.4 is 10.2 Å². The van der Waals surface area contributed by atoms with Gasteiger partial charge in [0.15, 0.2) is 0 Å². The number of halogens is 1. The van der Waals surface area contributed by atoms with Crippen molar-refractivity contribution in [3.8, 4) is 0 Å². The van der Waals surface area contributed by atoms with Crippen LogP contribution in [0.2, 0.25) is 0 Å². The fourth-order valence-electron chi connectivity index (χ4n) is 2.22. The Morgan fingerprint density at radius 2 is 2.12 bits per heavy atom. The summed E-state index contributed by atoms with van der Waals surface area (Å²) in [4.78, 5) is 37.3. The highest BCUT2D eigenvalue weighted by Crippen LogP contribution is 2.33. The summed E-state index contributed by atoms with van der Waals surface area (Å²) in [6, 6.07) is 6.50. The van der Waals surface area contributed by atoms with Crippen molar-refractivity contribution in [2.24, 2.45) is 0 Å². The Balaban J connectivity index is 0.00000288. The normalized spacial score (nSPS) is 16.6. The van der Waals surface area contributed by atoms with Gasteiger partial charge in [-0.3, -0.25) is 24.6 Å². The molecule has 1 heterocycles. The van der Waals surface area contributed by atoms with Gasteiger partial charge in [-0.2, -0.15) is 0 Å². The van der Waals surface area contributed by atoms with E-state index in [1.165, 1.54) is 16.7 Å². The Bertz CT molecular complexity index is 613. The van der Waals surface area contributed by atoms with Crippen molar-refractivity contribution >= 4 is 47.7 Å². The number of nitrogens with one attached hydrogen (secondary N) is 1. The van der Waals surface area contributed by atoms with Gasteiger partial charge in [0.05, 0.1) is 24.9 Å². The topological polar surface area (TPSA) is 95.9 Å². The van der Waals surface area contributed by atoms with Crippen molar-refractivity contribution in [2.75, 3.05) is 30.3 Å². The molecule has 1 atom stereocenters. The zero-order chi connectivity index (χ0) is 16.8. The summed E-state index contributed by atoms with van der Waals surface area (Å²) < 4.78 is 4.83. The number of ether oxygens (including phenoxy) is 1. The molecule has 0 spiro atoms. The van der Waals surface area contributed by atoms with Gasteiger partial charge in [-0.25, -0.2) is 0 Å². The number of esters is 1. The number of benzene rings is 1. The van der Waals surface area contributed by atoms with Crippen LogP contribution in [0.5, 0.6) is 0 Å². The Morgan fingerprint density at radius 3 is 2.79 bits per heavy atom. The van der Waals surface area contributed by atoms with Gasteiger partial charge in [0.25, 0.3) is 0 Å². The molecule has 1 unspecified atom stereocenters. The summed E-state index contributed by atoms with van der Waals surface area (Å²) in [6.07, 6.45) is 0. The largest absolute Gasteiger partial charge is 0.480 e. The van der Waals surface area contributed by atoms with E-state index in [1.807, 2.05) is 12.1 Å². The number of anilines is 1. The number of carboxylic acids is 1. The number of amides is 1. The first kappa shape index (κ1) is 20.3. The van der Waals surface area contributed by atoms with Gasteiger partial charge >= 0.3 is 11.9 Å². The molecular formula is C15H19ClN2O5S. The third kappa shape index (κ3) is 5.12. The van der Waals surface area contributed by atoms with E-state index in [0.717, 1.165) is 4.90 Å². The van der Waals surface area contributed by atoms with Gasteiger partial charge in [0.1, 0.15) is 6.54 Å². The minimum atomic E-state index is -1.09. The van der Waals surface area contributed by atoms with Gasteiger partial charge in [-0.1, -0.05) is 12.1 Å². The molecule has 1 aromatic carbocycles. The number of aliphatic carboxylic acids is 1. The van der Waals surface area contributed by atoms with Crippen LogP contribution in [0.25, 0.3) is 0 Å². The van der Waals surface area contributed by atoms with E-state index < -0.39 is 24.5 Å². The van der Waals surface area contributed by atoms with E-state index in [0.29, 0.717) is 11.4 Å². The first-order chi connectivity index (χ1) is 11.0. The first-order valence-corrected chi connectivity index (χ1v) is 8.15. The van der Waals surface area contributed by atoms with E-state index in [-0.39, 0.29) is 31.5 Å². The Morgan fingerprint density at radius 1 is 1.42 bits per heavy atom. The maximum atomic E-state index is 12.6. The van der Waals surface area contributed by atoms with Crippen LogP contribution in [0.4, 0.5) is 5.69 Å². The molecule has 0 saturated heterocycles. The number of nitrogens with zero attached hydrogens (tertiary/aromatic N) is 1. The van der Waals surface area contributed by atoms with Gasteiger partial charge in [-0.15, -0.1) is 24.2 Å². The maximum absolute atomic E-state index is 12.6. The predicted octanol–water partition coefficient (Wildman–Crippen LogP) is 1.15. The average Bonchev–Trinajstić information content (AvgIpc) is 2.64. The molecular weight excluding hydrogens is 356 g/mol. The summed E-state index contributed by atoms with van der Waals surface area (Å²) in [5, 5.41) is 11.9. The van der Waals surface area contributed by atoms with E-state index in [1.54, 1.807) is 19.1 Å². The summed E-state index contributed by atoms with van der Waals surface area (Å²) >= 11 is 1.45. The summed E-state index contributed by atoms with van der Waals surface area (Å²) in [5.41, 5.74) is 0.574. The van der Waals surface area contributed by atoms with Crippen LogP contribution in [-0.4, -0.2) is 54.4 Å². The lowest BCUT2D eigenvalue weighted by atomic mass is 10.2. The second-order valence-electron chi connectivity index (χ2n) is 4.84. The van der Waals surface area contributed by atoms with Crippen molar-refractivity contribution in [3.63, 3.8) is 0 Å². The highest BCUT2D eigenvalue weighted by Gasteiger charge is 2.32. The molecule has 1 aliphatic heterocycles. The molecule has 24 heavy (non-hydrogen) atoms. The second kappa shape index (κ2) is 9.51. The molecule has 1 aromatic rings. The SMILES string of the molecule is CCOC(=O)CNC1CSc2ccccc2N(CC(=O)O)C1=O.Cl. The molecule has 2 N–H and O–H groups in total. The average molecular weight is 375 g/mol. The zero-order valence-electron chi connectivity index (χ0n) is 13.1. The summed E-state index contributed by atoms with van der Waals surface area (Å²) in [5.74, 6) is -1.50. The number of hydrogen-bond donors (Lipinski definition) is 2. The van der Waals surface area contributed by atoms with E-state index >= 15 is 0 Å². The number of rotatable bonds is 6. The Kier molecular flexibility index (Phi) is 8.03. The highest BCUT2D eigenvalue weighted by atomic mass is 35.5. The van der Waals surface area contributed by atoms with Crippen molar-refractivity contribution < 1.29 is 24.2 Å². The van der Waals surface area contributed by atoms with Crippen molar-refractivity contribution in [1.82, 2.24) is 5.32 Å². The van der Waals surface area contributed by atoms with Crippen LogP contribution in [0, 0.1) is 0 Å². The van der Waals surface area contributed by atoms with Crippen LogP contribution in [0.1, 0.15) is 6.92 Å². The van der Waals surface area contributed by atoms with E-state index in [4.69, 9.17) is 9.84 Å². The Labute approximate surface area is 150 Å². The van der Waals surface area contributed by atoms with Crippen molar-refractivity contribution in [2.45, 2.75) is 17.9 Å². The maximum Gasteiger partial charge on any atom is 0.323 e. The molecule has 7 nitrogen and oxygen atoms in total.